The summed E-state index contributed by atoms with van der Waals surface area (Å²) in [6.45, 7) is 0. The van der Waals surface area contributed by atoms with Crippen LogP contribution < -0.4 is 148 Å². The van der Waals surface area contributed by atoms with Gasteiger partial charge < -0.3 is 50.9 Å². The minimum absolute atomic E-state index is 0. The second kappa shape index (κ2) is 187. The molecule has 0 radical (unpaired) electrons. The quantitative estimate of drug-likeness (QED) is 0.369. The van der Waals surface area contributed by atoms with Crippen LogP contribution in [0, 0.1) is 0 Å². The van der Waals surface area contributed by atoms with Gasteiger partial charge in [0, 0.05) is 0 Å². The average molecular weight is 264 g/mol. The van der Waals surface area contributed by atoms with Gasteiger partial charge in [-0.15, -0.1) is 0 Å². The first-order chi connectivity index (χ1) is 0. The minimum Gasteiger partial charge on any atom is -1.00 e. The van der Waals surface area contributed by atoms with Gasteiger partial charge in [-0.25, -0.2) is 0 Å². The number of hydrogen-bond acceptors (Lipinski definition) is 0. The molecule has 0 heterocycles. The molecule has 0 aliphatic rings. The van der Waals surface area contributed by atoms with E-state index in [-0.39, 0.29) is 199 Å². The van der Waals surface area contributed by atoms with E-state index in [1.807, 2.05) is 0 Å². The Morgan fingerprint density at radius 3 is 0.231 bits per heavy atom. The molecule has 0 unspecified atom stereocenters. The predicted octanol–water partition coefficient (Wildman–Crippen LogP) is -21.0. The molecule has 16 N–H and O–H groups in total. The molecule has 8 nitrogen and oxygen atoms in total. The summed E-state index contributed by atoms with van der Waals surface area (Å²) in [6, 6.07) is 0. The number of hydrogen-bond donors (Lipinski definition) is 0. The van der Waals surface area contributed by atoms with E-state index in [2.05, 4.69) is 0 Å². The van der Waals surface area contributed by atoms with Crippen molar-refractivity contribution in [3.8, 4) is 0 Å². The van der Waals surface area contributed by atoms with Crippen molar-refractivity contribution in [3.05, 3.63) is 0 Å². The molecule has 0 aliphatic heterocycles. The molecule has 0 amide bonds. The van der Waals surface area contributed by atoms with Gasteiger partial charge in [-0.3, -0.25) is 0 Å². The van der Waals surface area contributed by atoms with Crippen molar-refractivity contribution in [1.29, 1.82) is 0 Å². The van der Waals surface area contributed by atoms with Crippen LogP contribution in [0.1, 0.15) is 7.13 Å². The fraction of sp³-hybridized carbons (Fsp3) is 0. The topological polar surface area (TPSA) is 252 Å². The Morgan fingerprint density at radius 1 is 0.231 bits per heavy atom. The molecule has 74 valence electrons. The fourth-order valence-corrected chi connectivity index (χ4v) is 0. The predicted molar refractivity (Wildman–Crippen MR) is 34.5 cm³/mol. The molecule has 0 rings (SSSR count). The van der Waals surface area contributed by atoms with Crippen molar-refractivity contribution >= 4 is 0 Å². The molecule has 0 spiro atoms. The Morgan fingerprint density at radius 2 is 0.231 bits per heavy atom. The molecule has 0 aromatic heterocycles. The molecule has 0 aromatic carbocycles. The smallest absolute Gasteiger partial charge is 1.00 e. The first-order valence-electron chi connectivity index (χ1n) is 0. The van der Waals surface area contributed by atoms with Gasteiger partial charge in [0.05, 0.1) is 0 Å². The Hall–Kier alpha value is 4.68. The summed E-state index contributed by atoms with van der Waals surface area (Å²) in [6.07, 6.45) is 0. The molecule has 0 aliphatic carbocycles. The van der Waals surface area contributed by atoms with Crippen molar-refractivity contribution in [2.75, 3.05) is 0 Å². The van der Waals surface area contributed by atoms with Crippen LogP contribution in [0.4, 0.5) is 0 Å². The van der Waals surface area contributed by atoms with E-state index in [0.717, 1.165) is 0 Å². The molecule has 0 saturated carbocycles. The molecular weight excluding hydrogens is 243 g/mol. The maximum absolute atomic E-state index is 0. The molecular formula is H21Na5O8. The van der Waals surface area contributed by atoms with E-state index in [9.17, 15) is 0 Å². The molecule has 0 atom stereocenters. The van der Waals surface area contributed by atoms with Crippen molar-refractivity contribution in [2.24, 2.45) is 0 Å². The summed E-state index contributed by atoms with van der Waals surface area (Å²) in [5.41, 5.74) is 0. The number of rotatable bonds is 0. The summed E-state index contributed by atoms with van der Waals surface area (Å²) in [5, 5.41) is 0. The fourth-order valence-electron chi connectivity index (χ4n) is 0. The Balaban J connectivity index is 0. The SMILES string of the molecule is O.O.O.O.O.O.O.O.[H-].[H-].[H-].[H-].[H-].[Na+].[Na+].[Na+].[Na+].[Na+]. The second-order valence-corrected chi connectivity index (χ2v) is 0. The summed E-state index contributed by atoms with van der Waals surface area (Å²) in [7, 11) is 0. The zero-order valence-electron chi connectivity index (χ0n) is 14.0. The Labute approximate surface area is 195 Å². The summed E-state index contributed by atoms with van der Waals surface area (Å²) >= 11 is 0. The van der Waals surface area contributed by atoms with Gasteiger partial charge in [0.15, 0.2) is 0 Å². The van der Waals surface area contributed by atoms with Crippen LogP contribution in [-0.4, -0.2) is 43.8 Å². The largest absolute Gasteiger partial charge is 1.00 e. The summed E-state index contributed by atoms with van der Waals surface area (Å²) in [5.74, 6) is 0. The second-order valence-electron chi connectivity index (χ2n) is 0. The van der Waals surface area contributed by atoms with Crippen LogP contribution in [0.2, 0.25) is 0 Å². The van der Waals surface area contributed by atoms with E-state index < -0.39 is 0 Å². The van der Waals surface area contributed by atoms with E-state index in [4.69, 9.17) is 0 Å². The first kappa shape index (κ1) is 225. The summed E-state index contributed by atoms with van der Waals surface area (Å²) in [4.78, 5) is 0. The van der Waals surface area contributed by atoms with Gasteiger partial charge >= 0.3 is 148 Å². The molecule has 13 heteroatoms. The minimum atomic E-state index is 0. The van der Waals surface area contributed by atoms with Crippen LogP contribution in [0.3, 0.4) is 0 Å². The van der Waals surface area contributed by atoms with Crippen LogP contribution in [-0.2, 0) is 0 Å². The van der Waals surface area contributed by atoms with Crippen LogP contribution >= 0.6 is 0 Å². The van der Waals surface area contributed by atoms with Gasteiger partial charge in [0.1, 0.15) is 0 Å². The van der Waals surface area contributed by atoms with Crippen LogP contribution in [0.5, 0.6) is 0 Å². The van der Waals surface area contributed by atoms with Gasteiger partial charge in [0.25, 0.3) is 0 Å². The van der Waals surface area contributed by atoms with Crippen molar-refractivity contribution in [1.82, 2.24) is 0 Å². The molecule has 0 aromatic rings. The molecule has 0 saturated heterocycles. The van der Waals surface area contributed by atoms with E-state index in [1.165, 1.54) is 0 Å². The Bertz CT molecular complexity index is 27.8. The molecule has 0 bridgehead atoms. The summed E-state index contributed by atoms with van der Waals surface area (Å²) < 4.78 is 0. The molecule has 0 fully saturated rings. The van der Waals surface area contributed by atoms with Gasteiger partial charge in [-0.2, -0.15) is 0 Å². The third-order valence-electron chi connectivity index (χ3n) is 0. The van der Waals surface area contributed by atoms with Gasteiger partial charge in [-0.05, 0) is 0 Å². The maximum atomic E-state index is 0. The van der Waals surface area contributed by atoms with Crippen molar-refractivity contribution < 1.29 is 199 Å². The van der Waals surface area contributed by atoms with Crippen LogP contribution in [0.25, 0.3) is 0 Å². The molecule has 13 heavy (non-hydrogen) atoms. The third kappa shape index (κ3) is 164. The third-order valence-corrected chi connectivity index (χ3v) is 0. The zero-order valence-corrected chi connectivity index (χ0v) is 19.0. The Kier molecular flexibility index (Phi) is 3230. The van der Waals surface area contributed by atoms with E-state index in [1.54, 1.807) is 0 Å². The first-order valence-corrected chi connectivity index (χ1v) is 0. The normalized spacial score (nSPS) is 0. The van der Waals surface area contributed by atoms with Gasteiger partial charge in [0.2, 0.25) is 0 Å². The standard InChI is InChI=1S/5Na.8H2O.5H/h;;;;;8*1H2;;;;;/q5*+1;;;;;;;;;5*-1. The van der Waals surface area contributed by atoms with Crippen molar-refractivity contribution in [2.45, 2.75) is 0 Å². The van der Waals surface area contributed by atoms with Gasteiger partial charge in [-0.1, -0.05) is 0 Å². The van der Waals surface area contributed by atoms with Crippen LogP contribution in [0.15, 0.2) is 0 Å². The monoisotopic (exact) mass is 264 g/mol. The van der Waals surface area contributed by atoms with E-state index >= 15 is 0 Å². The average Bonchev–Trinajstić information content (AvgIpc) is 0. The maximum Gasteiger partial charge on any atom is 1.00 e. The van der Waals surface area contributed by atoms with Crippen molar-refractivity contribution in [3.63, 3.8) is 0 Å². The van der Waals surface area contributed by atoms with E-state index in [0.29, 0.717) is 0 Å². The zero-order chi connectivity index (χ0) is 0.